The molecule has 0 fully saturated rings. The third kappa shape index (κ3) is 5.37. The summed E-state index contributed by atoms with van der Waals surface area (Å²) in [7, 11) is -9.57. The summed E-state index contributed by atoms with van der Waals surface area (Å²) in [5, 5.41) is 28.9. The van der Waals surface area contributed by atoms with Gasteiger partial charge in [-0.05, 0) is 60.0 Å². The lowest BCUT2D eigenvalue weighted by atomic mass is 10.1. The van der Waals surface area contributed by atoms with Gasteiger partial charge in [0, 0.05) is 21.8 Å². The van der Waals surface area contributed by atoms with Crippen LogP contribution in [-0.2, 0) is 20.2 Å². The summed E-state index contributed by atoms with van der Waals surface area (Å²) in [5.74, 6) is -0.892. The minimum absolute atomic E-state index is 0.0437. The van der Waals surface area contributed by atoms with Crippen LogP contribution in [0.3, 0.4) is 0 Å². The van der Waals surface area contributed by atoms with Crippen LogP contribution in [0.1, 0.15) is 0 Å². The van der Waals surface area contributed by atoms with Crippen LogP contribution < -0.4 is 5.73 Å². The molecule has 0 aliphatic carbocycles. The van der Waals surface area contributed by atoms with Crippen LogP contribution in [0.5, 0.6) is 5.75 Å². The van der Waals surface area contributed by atoms with Crippen molar-refractivity contribution in [3.05, 3.63) is 84.9 Å². The number of aromatic hydroxyl groups is 1. The van der Waals surface area contributed by atoms with E-state index in [2.05, 4.69) is 20.5 Å². The molecule has 0 aliphatic rings. The summed E-state index contributed by atoms with van der Waals surface area (Å²) in [4.78, 5) is -1.44. The van der Waals surface area contributed by atoms with Crippen molar-refractivity contribution < 1.29 is 31.0 Å². The summed E-state index contributed by atoms with van der Waals surface area (Å²) in [6, 6.07) is 21.4. The number of nitrogen functional groups attached to an aromatic ring is 1. The number of phenols is 1. The first-order valence-electron chi connectivity index (χ1n) is 11.4. The van der Waals surface area contributed by atoms with Gasteiger partial charge in [0.05, 0.1) is 22.0 Å². The van der Waals surface area contributed by atoms with Gasteiger partial charge in [0.25, 0.3) is 20.2 Å². The normalized spacial score (nSPS) is 12.7. The third-order valence-corrected chi connectivity index (χ3v) is 7.62. The molecular weight excluding hydrogens is 558 g/mol. The van der Waals surface area contributed by atoms with Crippen LogP contribution in [0, 0.1) is 0 Å². The molecule has 0 radical (unpaired) electrons. The summed E-state index contributed by atoms with van der Waals surface area (Å²) in [5.41, 5.74) is 7.42. The first-order chi connectivity index (χ1) is 18.9. The molecule has 5 rings (SSSR count). The molecule has 5 N–H and O–H groups in total. The van der Waals surface area contributed by atoms with Gasteiger partial charge in [-0.25, -0.2) is 0 Å². The fourth-order valence-corrected chi connectivity index (χ4v) is 5.12. The highest BCUT2D eigenvalue weighted by molar-refractivity contribution is 7.86. The Morgan fingerprint density at radius 3 is 1.80 bits per heavy atom. The van der Waals surface area contributed by atoms with Crippen molar-refractivity contribution in [3.63, 3.8) is 0 Å². The molecule has 12 nitrogen and oxygen atoms in total. The van der Waals surface area contributed by atoms with Gasteiger partial charge < -0.3 is 10.8 Å². The van der Waals surface area contributed by atoms with E-state index in [1.54, 1.807) is 60.7 Å². The second-order valence-electron chi connectivity index (χ2n) is 8.55. The Morgan fingerprint density at radius 1 is 0.625 bits per heavy atom. The van der Waals surface area contributed by atoms with Crippen molar-refractivity contribution in [1.29, 1.82) is 0 Å². The van der Waals surface area contributed by atoms with Crippen LogP contribution >= 0.6 is 0 Å². The number of phenolic OH excluding ortho intramolecular Hbond substituents is 1. The van der Waals surface area contributed by atoms with Crippen LogP contribution in [0.4, 0.5) is 28.4 Å². The molecular formula is C26H19N5O7S2. The van der Waals surface area contributed by atoms with Gasteiger partial charge in [-0.15, -0.1) is 15.3 Å². The molecule has 0 unspecified atom stereocenters. The van der Waals surface area contributed by atoms with Crippen molar-refractivity contribution in [2.24, 2.45) is 20.5 Å². The van der Waals surface area contributed by atoms with E-state index in [-0.39, 0.29) is 16.5 Å². The quantitative estimate of drug-likeness (QED) is 0.0979. The summed E-state index contributed by atoms with van der Waals surface area (Å²) in [6.45, 7) is 0. The van der Waals surface area contributed by atoms with E-state index in [0.29, 0.717) is 33.5 Å². The van der Waals surface area contributed by atoms with Crippen LogP contribution in [0.25, 0.3) is 21.5 Å². The molecule has 0 bridgehead atoms. The smallest absolute Gasteiger partial charge is 0.298 e. The Balaban J connectivity index is 1.63. The fourth-order valence-electron chi connectivity index (χ4n) is 3.99. The van der Waals surface area contributed by atoms with Crippen molar-refractivity contribution in [3.8, 4) is 5.75 Å². The maximum atomic E-state index is 11.9. The number of benzene rings is 5. The number of rotatable bonds is 6. The minimum atomic E-state index is -4.94. The maximum absolute atomic E-state index is 11.9. The van der Waals surface area contributed by atoms with Crippen molar-refractivity contribution in [2.75, 3.05) is 5.73 Å². The average molecular weight is 578 g/mol. The van der Waals surface area contributed by atoms with Gasteiger partial charge in [0.15, 0.2) is 5.75 Å². The summed E-state index contributed by atoms with van der Waals surface area (Å²) < 4.78 is 66.1. The zero-order valence-corrected chi connectivity index (χ0v) is 21.9. The van der Waals surface area contributed by atoms with Gasteiger partial charge in [0.2, 0.25) is 0 Å². The Morgan fingerprint density at radius 2 is 1.23 bits per heavy atom. The highest BCUT2D eigenvalue weighted by Crippen LogP contribution is 2.43. The monoisotopic (exact) mass is 577 g/mol. The molecule has 40 heavy (non-hydrogen) atoms. The van der Waals surface area contributed by atoms with Gasteiger partial charge in [-0.2, -0.15) is 21.9 Å². The van der Waals surface area contributed by atoms with Crippen LogP contribution in [0.2, 0.25) is 0 Å². The molecule has 5 aromatic carbocycles. The van der Waals surface area contributed by atoms with E-state index in [9.17, 15) is 31.0 Å². The van der Waals surface area contributed by atoms with Crippen molar-refractivity contribution >= 4 is 70.2 Å². The Kier molecular flexibility index (Phi) is 6.77. The molecule has 0 amide bonds. The number of azo groups is 2. The van der Waals surface area contributed by atoms with Gasteiger partial charge in [0.1, 0.15) is 10.6 Å². The first-order valence-corrected chi connectivity index (χ1v) is 14.3. The lowest BCUT2D eigenvalue weighted by Crippen LogP contribution is -2.00. The van der Waals surface area contributed by atoms with Gasteiger partial charge >= 0.3 is 0 Å². The highest BCUT2D eigenvalue weighted by atomic mass is 32.2. The SMILES string of the molecule is Nc1ccc(N=Nc2ccc(N=Nc3c(O)c(S(=O)(=O)O)cc4cc(S(=O)(=O)O)ccc34)c3ccccc23)cc1. The first kappa shape index (κ1) is 26.8. The molecule has 0 aliphatic heterocycles. The van der Waals surface area contributed by atoms with E-state index < -0.39 is 35.8 Å². The molecule has 5 aromatic rings. The lowest BCUT2D eigenvalue weighted by Gasteiger charge is -2.10. The standard InChI is InChI=1S/C26H19N5O7S2/c27-16-5-7-17(8-6-16)28-29-22-11-12-23(21-4-2-1-3-20(21)22)30-31-25-19-10-9-18(39(33,34)35)13-15(19)14-24(26(25)32)40(36,37)38/h1-14,32H,27H2,(H,33,34,35)(H,36,37,38). The Hall–Kier alpha value is -4.76. The predicted octanol–water partition coefficient (Wildman–Crippen LogP) is 6.61. The molecule has 0 saturated heterocycles. The van der Waals surface area contributed by atoms with Crippen LogP contribution in [0.15, 0.2) is 115 Å². The van der Waals surface area contributed by atoms with E-state index >= 15 is 0 Å². The van der Waals surface area contributed by atoms with Crippen molar-refractivity contribution in [2.45, 2.75) is 9.79 Å². The van der Waals surface area contributed by atoms with E-state index in [1.807, 2.05) is 0 Å². The maximum Gasteiger partial charge on any atom is 0.298 e. The zero-order valence-electron chi connectivity index (χ0n) is 20.2. The van der Waals surface area contributed by atoms with Crippen molar-refractivity contribution in [1.82, 2.24) is 0 Å². The van der Waals surface area contributed by atoms with E-state index in [0.717, 1.165) is 18.2 Å². The number of hydrogen-bond acceptors (Lipinski definition) is 10. The number of fused-ring (bicyclic) bond motifs is 2. The molecule has 202 valence electrons. The summed E-state index contributed by atoms with van der Waals surface area (Å²) in [6.07, 6.45) is 0. The van der Waals surface area contributed by atoms with Gasteiger partial charge in [-0.3, -0.25) is 9.11 Å². The van der Waals surface area contributed by atoms with E-state index in [1.165, 1.54) is 6.07 Å². The molecule has 0 heterocycles. The Labute approximate surface area is 227 Å². The van der Waals surface area contributed by atoms with Crippen LogP contribution in [-0.4, -0.2) is 31.0 Å². The highest BCUT2D eigenvalue weighted by Gasteiger charge is 2.23. The fraction of sp³-hybridized carbons (Fsp3) is 0. The van der Waals surface area contributed by atoms with E-state index in [4.69, 9.17) is 5.73 Å². The second kappa shape index (κ2) is 10.1. The number of nitrogens with zero attached hydrogens (tertiary/aromatic N) is 4. The second-order valence-corrected chi connectivity index (χ2v) is 11.4. The average Bonchev–Trinajstić information content (AvgIpc) is 2.91. The zero-order chi connectivity index (χ0) is 28.7. The molecule has 0 aromatic heterocycles. The summed E-state index contributed by atoms with van der Waals surface area (Å²) >= 11 is 0. The van der Waals surface area contributed by atoms with Gasteiger partial charge in [-0.1, -0.05) is 30.3 Å². The predicted molar refractivity (Wildman–Crippen MR) is 148 cm³/mol. The number of nitrogens with two attached hydrogens (primary N) is 1. The molecule has 0 spiro atoms. The third-order valence-electron chi connectivity index (χ3n) is 5.90. The largest absolute Gasteiger partial charge is 0.504 e. The number of anilines is 1. The molecule has 0 atom stereocenters. The molecule has 0 saturated carbocycles. The molecule has 14 heteroatoms. The minimum Gasteiger partial charge on any atom is -0.504 e. The topological polar surface area (TPSA) is 204 Å². The Bertz CT molecular complexity index is 2080. The lowest BCUT2D eigenvalue weighted by molar-refractivity contribution is 0.445. The number of hydrogen-bond donors (Lipinski definition) is 4.